The van der Waals surface area contributed by atoms with E-state index in [1.807, 2.05) is 29.9 Å². The number of benzene rings is 1. The van der Waals surface area contributed by atoms with Crippen molar-refractivity contribution in [3.63, 3.8) is 0 Å². The van der Waals surface area contributed by atoms with E-state index in [1.54, 1.807) is 6.07 Å². The minimum Gasteiger partial charge on any atom is -0.451 e. The Morgan fingerprint density at radius 2 is 2.15 bits per heavy atom. The molecular formula is C21H24N4O2. The van der Waals surface area contributed by atoms with Crippen LogP contribution < -0.4 is 5.32 Å². The number of carbonyl (C=O) groups excluding carboxylic acids is 1. The summed E-state index contributed by atoms with van der Waals surface area (Å²) in [7, 11) is 1.91. The number of aromatic nitrogens is 3. The highest BCUT2D eigenvalue weighted by atomic mass is 16.3. The van der Waals surface area contributed by atoms with Gasteiger partial charge >= 0.3 is 0 Å². The van der Waals surface area contributed by atoms with Crippen molar-refractivity contribution >= 4 is 5.91 Å². The monoisotopic (exact) mass is 364 g/mol. The molecule has 6 heteroatoms. The van der Waals surface area contributed by atoms with E-state index in [2.05, 4.69) is 41.6 Å². The predicted octanol–water partition coefficient (Wildman–Crippen LogP) is 3.49. The lowest BCUT2D eigenvalue weighted by atomic mass is 9.96. The van der Waals surface area contributed by atoms with Gasteiger partial charge in [-0.3, -0.25) is 9.48 Å². The molecular weight excluding hydrogens is 340 g/mol. The Hall–Kier alpha value is -2.89. The number of furan rings is 1. The summed E-state index contributed by atoms with van der Waals surface area (Å²) in [6.07, 6.45) is 2.46. The van der Waals surface area contributed by atoms with Gasteiger partial charge in [-0.05, 0) is 42.5 Å². The van der Waals surface area contributed by atoms with Crippen LogP contribution in [0.1, 0.15) is 53.7 Å². The molecule has 1 aliphatic carbocycles. The Labute approximate surface area is 158 Å². The molecule has 0 fully saturated rings. The summed E-state index contributed by atoms with van der Waals surface area (Å²) < 4.78 is 7.65. The molecule has 0 saturated heterocycles. The molecule has 1 aromatic carbocycles. The summed E-state index contributed by atoms with van der Waals surface area (Å²) in [5, 5.41) is 11.3. The smallest absolute Gasteiger partial charge is 0.287 e. The number of aryl methyl sites for hydroxylation is 1. The lowest BCUT2D eigenvalue weighted by Crippen LogP contribution is -2.39. The van der Waals surface area contributed by atoms with E-state index in [9.17, 15) is 4.79 Å². The number of hydrogen-bond acceptors (Lipinski definition) is 4. The molecule has 140 valence electrons. The number of amides is 1. The largest absolute Gasteiger partial charge is 0.451 e. The third-order valence-corrected chi connectivity index (χ3v) is 5.20. The molecule has 1 aliphatic rings. The molecule has 1 unspecified atom stereocenters. The first-order valence-corrected chi connectivity index (χ1v) is 9.39. The van der Waals surface area contributed by atoms with Crippen LogP contribution in [0.15, 0.2) is 40.8 Å². The van der Waals surface area contributed by atoms with Crippen molar-refractivity contribution in [2.45, 2.75) is 45.1 Å². The van der Waals surface area contributed by atoms with Crippen LogP contribution in [0.25, 0.3) is 11.3 Å². The molecule has 1 N–H and O–H groups in total. The van der Waals surface area contributed by atoms with Crippen molar-refractivity contribution < 1.29 is 9.21 Å². The normalized spacial score (nSPS) is 16.4. The Morgan fingerprint density at radius 1 is 1.30 bits per heavy atom. The van der Waals surface area contributed by atoms with E-state index in [0.29, 0.717) is 23.9 Å². The lowest BCUT2D eigenvalue weighted by Gasteiger charge is -2.22. The summed E-state index contributed by atoms with van der Waals surface area (Å²) >= 11 is 0. The molecule has 0 bridgehead atoms. The third kappa shape index (κ3) is 3.52. The topological polar surface area (TPSA) is 73.0 Å². The average molecular weight is 364 g/mol. The first-order chi connectivity index (χ1) is 13.0. The van der Waals surface area contributed by atoms with Gasteiger partial charge in [0.2, 0.25) is 0 Å². The maximum atomic E-state index is 12.6. The van der Waals surface area contributed by atoms with Crippen LogP contribution in [0, 0.1) is 0 Å². The summed E-state index contributed by atoms with van der Waals surface area (Å²) in [5.41, 5.74) is 4.37. The molecule has 2 heterocycles. The lowest BCUT2D eigenvalue weighted by molar-refractivity contribution is 0.0906. The van der Waals surface area contributed by atoms with Gasteiger partial charge in [0.1, 0.15) is 5.76 Å². The Kier molecular flexibility index (Phi) is 4.56. The first-order valence-electron chi connectivity index (χ1n) is 9.39. The first kappa shape index (κ1) is 17.5. The van der Waals surface area contributed by atoms with E-state index in [-0.39, 0.29) is 11.9 Å². The minimum absolute atomic E-state index is 0.0551. The van der Waals surface area contributed by atoms with E-state index < -0.39 is 0 Å². The van der Waals surface area contributed by atoms with Crippen LogP contribution in [0.3, 0.4) is 0 Å². The molecule has 0 aliphatic heterocycles. The third-order valence-electron chi connectivity index (χ3n) is 5.20. The predicted molar refractivity (Wildman–Crippen MR) is 103 cm³/mol. The van der Waals surface area contributed by atoms with Gasteiger partial charge in [-0.2, -0.15) is 0 Å². The fourth-order valence-corrected chi connectivity index (χ4v) is 3.58. The van der Waals surface area contributed by atoms with Crippen molar-refractivity contribution in [3.05, 3.63) is 59.1 Å². The van der Waals surface area contributed by atoms with E-state index in [0.717, 1.165) is 29.8 Å². The molecule has 1 atom stereocenters. The van der Waals surface area contributed by atoms with E-state index in [4.69, 9.17) is 4.42 Å². The van der Waals surface area contributed by atoms with Gasteiger partial charge in [0.05, 0.1) is 11.4 Å². The van der Waals surface area contributed by atoms with Crippen LogP contribution in [-0.2, 0) is 19.9 Å². The average Bonchev–Trinajstić information content (AvgIpc) is 3.29. The highest BCUT2D eigenvalue weighted by Gasteiger charge is 2.25. The van der Waals surface area contributed by atoms with Crippen molar-refractivity contribution in [2.24, 2.45) is 7.05 Å². The standard InChI is InChI=1S/C21H24N4O2/c1-13(2)14-5-4-6-15(11-14)19-9-10-20(27-19)21(26)22-16-7-8-18-17(12-16)23-24-25(18)3/h4-6,9-11,13,16H,7-8,12H2,1-3H3,(H,22,26). The zero-order valence-corrected chi connectivity index (χ0v) is 15.9. The second kappa shape index (κ2) is 7.02. The van der Waals surface area contributed by atoms with Crippen molar-refractivity contribution in [2.75, 3.05) is 0 Å². The van der Waals surface area contributed by atoms with E-state index in [1.165, 1.54) is 5.56 Å². The van der Waals surface area contributed by atoms with E-state index >= 15 is 0 Å². The van der Waals surface area contributed by atoms with Crippen molar-refractivity contribution in [1.82, 2.24) is 20.3 Å². The summed E-state index contributed by atoms with van der Waals surface area (Å²) in [5.74, 6) is 1.31. The van der Waals surface area contributed by atoms with Gasteiger partial charge in [-0.15, -0.1) is 5.10 Å². The summed E-state index contributed by atoms with van der Waals surface area (Å²) in [6.45, 7) is 4.32. The second-order valence-electron chi connectivity index (χ2n) is 7.46. The summed E-state index contributed by atoms with van der Waals surface area (Å²) in [6, 6.07) is 11.9. The van der Waals surface area contributed by atoms with Gasteiger partial charge in [0.25, 0.3) is 5.91 Å². The molecule has 0 radical (unpaired) electrons. The number of nitrogens with one attached hydrogen (secondary N) is 1. The molecule has 0 saturated carbocycles. The maximum absolute atomic E-state index is 12.6. The zero-order valence-electron chi connectivity index (χ0n) is 15.9. The number of rotatable bonds is 4. The Morgan fingerprint density at radius 3 is 2.96 bits per heavy atom. The molecule has 27 heavy (non-hydrogen) atoms. The van der Waals surface area contributed by atoms with Crippen LogP contribution in [0.2, 0.25) is 0 Å². The fraction of sp³-hybridized carbons (Fsp3) is 0.381. The van der Waals surface area contributed by atoms with Crippen molar-refractivity contribution in [3.8, 4) is 11.3 Å². The molecule has 4 rings (SSSR count). The van der Waals surface area contributed by atoms with Crippen LogP contribution in [0.5, 0.6) is 0 Å². The number of nitrogens with zero attached hydrogens (tertiary/aromatic N) is 3. The fourth-order valence-electron chi connectivity index (χ4n) is 3.58. The van der Waals surface area contributed by atoms with Gasteiger partial charge in [-0.25, -0.2) is 0 Å². The molecule has 0 spiro atoms. The van der Waals surface area contributed by atoms with Crippen LogP contribution in [0.4, 0.5) is 0 Å². The van der Waals surface area contributed by atoms with Gasteiger partial charge in [-0.1, -0.05) is 37.3 Å². The number of carbonyl (C=O) groups is 1. The minimum atomic E-state index is -0.182. The van der Waals surface area contributed by atoms with Gasteiger partial charge in [0, 0.05) is 25.1 Å². The zero-order chi connectivity index (χ0) is 19.0. The molecule has 2 aromatic heterocycles. The summed E-state index contributed by atoms with van der Waals surface area (Å²) in [4.78, 5) is 12.6. The van der Waals surface area contributed by atoms with Crippen LogP contribution >= 0.6 is 0 Å². The number of fused-ring (bicyclic) bond motifs is 1. The van der Waals surface area contributed by atoms with Crippen LogP contribution in [-0.4, -0.2) is 26.9 Å². The second-order valence-corrected chi connectivity index (χ2v) is 7.46. The van der Waals surface area contributed by atoms with Crippen molar-refractivity contribution in [1.29, 1.82) is 0 Å². The Balaban J connectivity index is 1.46. The maximum Gasteiger partial charge on any atom is 0.287 e. The highest BCUT2D eigenvalue weighted by molar-refractivity contribution is 5.92. The van der Waals surface area contributed by atoms with Gasteiger partial charge < -0.3 is 9.73 Å². The molecule has 3 aromatic rings. The Bertz CT molecular complexity index is 970. The SMILES string of the molecule is CC(C)c1cccc(-c2ccc(C(=O)NC3CCc4c(nnn4C)C3)o2)c1. The molecule has 6 nitrogen and oxygen atoms in total. The van der Waals surface area contributed by atoms with Gasteiger partial charge in [0.15, 0.2) is 5.76 Å². The number of hydrogen-bond donors (Lipinski definition) is 1. The highest BCUT2D eigenvalue weighted by Crippen LogP contribution is 2.26. The quantitative estimate of drug-likeness (QED) is 0.769. The molecule has 1 amide bonds.